The maximum absolute atomic E-state index is 11.7. The second-order valence-electron chi connectivity index (χ2n) is 3.90. The predicted molar refractivity (Wildman–Crippen MR) is 70.5 cm³/mol. The van der Waals surface area contributed by atoms with Crippen molar-refractivity contribution in [3.8, 4) is 0 Å². The summed E-state index contributed by atoms with van der Waals surface area (Å²) in [6.45, 7) is 0.566. The van der Waals surface area contributed by atoms with Gasteiger partial charge >= 0.3 is 0 Å². The molecule has 1 amide bonds. The molecule has 5 heteroatoms. The Morgan fingerprint density at radius 1 is 1.39 bits per heavy atom. The number of H-pyrrole nitrogens is 1. The molecule has 2 rings (SSSR count). The summed E-state index contributed by atoms with van der Waals surface area (Å²) in [4.78, 5) is 18.8. The average molecular weight is 264 g/mol. The van der Waals surface area contributed by atoms with E-state index in [2.05, 4.69) is 15.3 Å². The molecule has 0 aliphatic heterocycles. The Labute approximate surface area is 110 Å². The largest absolute Gasteiger partial charge is 0.355 e. The van der Waals surface area contributed by atoms with Gasteiger partial charge in [-0.05, 0) is 11.6 Å². The lowest BCUT2D eigenvalue weighted by molar-refractivity contribution is -0.120. The van der Waals surface area contributed by atoms with Gasteiger partial charge in [0, 0.05) is 30.4 Å². The van der Waals surface area contributed by atoms with Crippen molar-refractivity contribution in [1.82, 2.24) is 15.3 Å². The van der Waals surface area contributed by atoms with E-state index in [0.29, 0.717) is 24.4 Å². The van der Waals surface area contributed by atoms with E-state index < -0.39 is 0 Å². The molecule has 0 spiro atoms. The number of carbonyl (C=O) groups is 1. The van der Waals surface area contributed by atoms with Crippen LogP contribution in [-0.4, -0.2) is 22.4 Å². The second kappa shape index (κ2) is 6.21. The molecule has 0 saturated carbocycles. The Hall–Kier alpha value is -1.81. The van der Waals surface area contributed by atoms with Crippen molar-refractivity contribution in [2.24, 2.45) is 0 Å². The summed E-state index contributed by atoms with van der Waals surface area (Å²) in [5, 5.41) is 3.46. The van der Waals surface area contributed by atoms with Gasteiger partial charge in [-0.25, -0.2) is 4.98 Å². The van der Waals surface area contributed by atoms with Crippen molar-refractivity contribution in [1.29, 1.82) is 0 Å². The van der Waals surface area contributed by atoms with Gasteiger partial charge in [-0.2, -0.15) is 0 Å². The average Bonchev–Trinajstić information content (AvgIpc) is 2.85. The molecule has 2 N–H and O–H groups in total. The van der Waals surface area contributed by atoms with Crippen molar-refractivity contribution in [3.63, 3.8) is 0 Å². The van der Waals surface area contributed by atoms with E-state index in [9.17, 15) is 4.79 Å². The first kappa shape index (κ1) is 12.6. The van der Waals surface area contributed by atoms with Crippen LogP contribution in [0.1, 0.15) is 11.4 Å². The summed E-state index contributed by atoms with van der Waals surface area (Å²) < 4.78 is 0. The van der Waals surface area contributed by atoms with Gasteiger partial charge in [-0.15, -0.1) is 0 Å². The molecule has 18 heavy (non-hydrogen) atoms. The van der Waals surface area contributed by atoms with E-state index in [4.69, 9.17) is 11.6 Å². The van der Waals surface area contributed by atoms with Crippen LogP contribution in [0, 0.1) is 0 Å². The molecule has 0 unspecified atom stereocenters. The number of aromatic amines is 1. The van der Waals surface area contributed by atoms with Crippen LogP contribution in [0.25, 0.3) is 0 Å². The minimum atomic E-state index is -0.0327. The smallest absolute Gasteiger partial charge is 0.224 e. The topological polar surface area (TPSA) is 57.8 Å². The first-order valence-corrected chi connectivity index (χ1v) is 6.12. The number of amides is 1. The fourth-order valence-electron chi connectivity index (χ4n) is 1.63. The first-order chi connectivity index (χ1) is 8.75. The molecule has 94 valence electrons. The predicted octanol–water partition coefficient (Wildman–Crippen LogP) is 1.96. The molecule has 1 aromatic carbocycles. The van der Waals surface area contributed by atoms with Crippen LogP contribution in [0.15, 0.2) is 36.7 Å². The lowest BCUT2D eigenvalue weighted by Gasteiger charge is -2.05. The molecule has 0 aliphatic carbocycles. The van der Waals surface area contributed by atoms with Crippen LogP contribution in [0.5, 0.6) is 0 Å². The molecule has 4 nitrogen and oxygen atoms in total. The fraction of sp³-hybridized carbons (Fsp3) is 0.231. The van der Waals surface area contributed by atoms with Gasteiger partial charge in [0.1, 0.15) is 5.82 Å². The molecule has 0 aliphatic rings. The summed E-state index contributed by atoms with van der Waals surface area (Å²) in [6, 6.07) is 7.36. The zero-order valence-corrected chi connectivity index (χ0v) is 10.6. The molecule has 1 aromatic heterocycles. The van der Waals surface area contributed by atoms with E-state index in [0.717, 1.165) is 11.4 Å². The van der Waals surface area contributed by atoms with Crippen LogP contribution in [0.3, 0.4) is 0 Å². The maximum Gasteiger partial charge on any atom is 0.224 e. The fourth-order valence-corrected chi connectivity index (χ4v) is 1.83. The number of hydrogen-bond acceptors (Lipinski definition) is 2. The summed E-state index contributed by atoms with van der Waals surface area (Å²) in [7, 11) is 0. The number of benzene rings is 1. The van der Waals surface area contributed by atoms with Crippen LogP contribution in [0.2, 0.25) is 5.02 Å². The Bertz CT molecular complexity index is 511. The number of nitrogens with zero attached hydrogens (tertiary/aromatic N) is 1. The molecule has 1 heterocycles. The number of hydrogen-bond donors (Lipinski definition) is 2. The van der Waals surface area contributed by atoms with Gasteiger partial charge in [-0.1, -0.05) is 29.8 Å². The highest BCUT2D eigenvalue weighted by molar-refractivity contribution is 6.31. The van der Waals surface area contributed by atoms with Crippen LogP contribution >= 0.6 is 11.6 Å². The quantitative estimate of drug-likeness (QED) is 0.866. The second-order valence-corrected chi connectivity index (χ2v) is 4.31. The van der Waals surface area contributed by atoms with E-state index in [1.807, 2.05) is 18.2 Å². The van der Waals surface area contributed by atoms with Gasteiger partial charge in [0.05, 0.1) is 6.42 Å². The highest BCUT2D eigenvalue weighted by atomic mass is 35.5. The molecule has 0 radical (unpaired) electrons. The molecule has 0 saturated heterocycles. The van der Waals surface area contributed by atoms with Crippen LogP contribution < -0.4 is 5.32 Å². The van der Waals surface area contributed by atoms with Gasteiger partial charge in [0.15, 0.2) is 0 Å². The van der Waals surface area contributed by atoms with Crippen LogP contribution in [-0.2, 0) is 17.6 Å². The summed E-state index contributed by atoms with van der Waals surface area (Å²) in [5.74, 6) is 0.836. The van der Waals surface area contributed by atoms with Gasteiger partial charge in [-0.3, -0.25) is 4.79 Å². The Kier molecular flexibility index (Phi) is 4.36. The number of imidazole rings is 1. The normalized spacial score (nSPS) is 10.3. The number of rotatable bonds is 5. The highest BCUT2D eigenvalue weighted by Crippen LogP contribution is 2.15. The van der Waals surface area contributed by atoms with Gasteiger partial charge in [0.2, 0.25) is 5.91 Å². The standard InChI is InChI=1S/C13H14ClN3O/c14-11-4-2-1-3-10(11)9-13(18)17-6-5-12-15-7-8-16-12/h1-4,7-8H,5-6,9H2,(H,15,16)(H,17,18). The third-order valence-electron chi connectivity index (χ3n) is 2.55. The zero-order chi connectivity index (χ0) is 12.8. The Morgan fingerprint density at radius 2 is 2.22 bits per heavy atom. The van der Waals surface area contributed by atoms with Gasteiger partial charge < -0.3 is 10.3 Å². The van der Waals surface area contributed by atoms with Crippen molar-refractivity contribution < 1.29 is 4.79 Å². The van der Waals surface area contributed by atoms with E-state index in [1.54, 1.807) is 18.5 Å². The molecule has 0 atom stereocenters. The molecular weight excluding hydrogens is 250 g/mol. The molecule has 0 bridgehead atoms. The zero-order valence-electron chi connectivity index (χ0n) is 9.82. The number of halogens is 1. The molecule has 0 fully saturated rings. The maximum atomic E-state index is 11.7. The van der Waals surface area contributed by atoms with Crippen molar-refractivity contribution in [3.05, 3.63) is 53.1 Å². The Morgan fingerprint density at radius 3 is 2.94 bits per heavy atom. The lowest BCUT2D eigenvalue weighted by Crippen LogP contribution is -2.27. The number of carbonyl (C=O) groups excluding carboxylic acids is 1. The first-order valence-electron chi connectivity index (χ1n) is 5.74. The van der Waals surface area contributed by atoms with E-state index in [1.165, 1.54) is 0 Å². The summed E-state index contributed by atoms with van der Waals surface area (Å²) >= 11 is 5.99. The minimum Gasteiger partial charge on any atom is -0.355 e. The summed E-state index contributed by atoms with van der Waals surface area (Å²) in [5.41, 5.74) is 0.842. The third-order valence-corrected chi connectivity index (χ3v) is 2.92. The number of aromatic nitrogens is 2. The van der Waals surface area contributed by atoms with Gasteiger partial charge in [0.25, 0.3) is 0 Å². The monoisotopic (exact) mass is 263 g/mol. The van der Waals surface area contributed by atoms with Crippen molar-refractivity contribution in [2.45, 2.75) is 12.8 Å². The lowest BCUT2D eigenvalue weighted by atomic mass is 10.1. The third kappa shape index (κ3) is 3.60. The summed E-state index contributed by atoms with van der Waals surface area (Å²) in [6.07, 6.45) is 4.46. The van der Waals surface area contributed by atoms with Crippen LogP contribution in [0.4, 0.5) is 0 Å². The minimum absolute atomic E-state index is 0.0327. The van der Waals surface area contributed by atoms with E-state index in [-0.39, 0.29) is 5.91 Å². The number of nitrogens with one attached hydrogen (secondary N) is 2. The van der Waals surface area contributed by atoms with Crippen molar-refractivity contribution in [2.75, 3.05) is 6.54 Å². The molecular formula is C13H14ClN3O. The van der Waals surface area contributed by atoms with E-state index >= 15 is 0 Å². The SMILES string of the molecule is O=C(Cc1ccccc1Cl)NCCc1ncc[nH]1. The van der Waals surface area contributed by atoms with Crippen molar-refractivity contribution >= 4 is 17.5 Å². The Balaban J connectivity index is 1.77. The highest BCUT2D eigenvalue weighted by Gasteiger charge is 2.06. The molecule has 2 aromatic rings.